The second-order valence-electron chi connectivity index (χ2n) is 5.57. The van der Waals surface area contributed by atoms with Crippen molar-refractivity contribution < 1.29 is 8.42 Å². The van der Waals surface area contributed by atoms with Crippen molar-refractivity contribution in [2.24, 2.45) is 5.73 Å². The minimum absolute atomic E-state index is 0.281. The van der Waals surface area contributed by atoms with Gasteiger partial charge in [0.05, 0.1) is 10.5 Å². The highest BCUT2D eigenvalue weighted by Crippen LogP contribution is 2.31. The van der Waals surface area contributed by atoms with Crippen molar-refractivity contribution in [2.45, 2.75) is 56.9 Å². The molecule has 0 spiro atoms. The maximum Gasteiger partial charge on any atom is 0.280 e. The van der Waals surface area contributed by atoms with Crippen LogP contribution in [0, 0.1) is 0 Å². The minimum atomic E-state index is -3.48. The number of rotatable bonds is 4. The van der Waals surface area contributed by atoms with Crippen LogP contribution in [0.1, 0.15) is 51.4 Å². The minimum Gasteiger partial charge on any atom is -0.392 e. The molecule has 0 aromatic rings. The molecule has 0 unspecified atom stereocenters. The molecule has 3 N–H and O–H groups in total. The molecule has 2 aliphatic rings. The lowest BCUT2D eigenvalue weighted by Crippen LogP contribution is -2.58. The molecule has 1 aliphatic heterocycles. The normalized spacial score (nSPS) is 25.1. The highest BCUT2D eigenvalue weighted by atomic mass is 32.2. The third-order valence-corrected chi connectivity index (χ3v) is 6.24. The average molecular weight is 305 g/mol. The van der Waals surface area contributed by atoms with E-state index in [2.05, 4.69) is 4.72 Å². The van der Waals surface area contributed by atoms with Crippen molar-refractivity contribution in [1.29, 1.82) is 0 Å². The van der Waals surface area contributed by atoms with Crippen LogP contribution in [0.2, 0.25) is 0 Å². The van der Waals surface area contributed by atoms with E-state index in [1.165, 1.54) is 0 Å². The third kappa shape index (κ3) is 3.45. The SMILES string of the molecule is NC(=S)C1(NS(=O)(=O)N2CCCCCC2)CCCC1. The molecule has 0 atom stereocenters. The van der Waals surface area contributed by atoms with Crippen molar-refractivity contribution in [2.75, 3.05) is 13.1 Å². The topological polar surface area (TPSA) is 75.4 Å². The molecule has 1 saturated heterocycles. The van der Waals surface area contributed by atoms with Crippen LogP contribution in [0.3, 0.4) is 0 Å². The summed E-state index contributed by atoms with van der Waals surface area (Å²) in [6, 6.07) is 0. The van der Waals surface area contributed by atoms with Gasteiger partial charge in [0.15, 0.2) is 0 Å². The van der Waals surface area contributed by atoms with E-state index in [1.54, 1.807) is 4.31 Å². The summed E-state index contributed by atoms with van der Waals surface area (Å²) in [5.41, 5.74) is 5.09. The van der Waals surface area contributed by atoms with Gasteiger partial charge in [0.25, 0.3) is 10.2 Å². The first kappa shape index (κ1) is 15.2. The molecule has 7 heteroatoms. The fraction of sp³-hybridized carbons (Fsp3) is 0.917. The van der Waals surface area contributed by atoms with Crippen LogP contribution in [0.25, 0.3) is 0 Å². The number of hydrogen-bond donors (Lipinski definition) is 2. The Labute approximate surface area is 121 Å². The van der Waals surface area contributed by atoms with Gasteiger partial charge in [-0.25, -0.2) is 0 Å². The Morgan fingerprint density at radius 1 is 1.05 bits per heavy atom. The van der Waals surface area contributed by atoms with E-state index in [0.717, 1.165) is 51.4 Å². The van der Waals surface area contributed by atoms with Crippen molar-refractivity contribution >= 4 is 27.4 Å². The Balaban J connectivity index is 2.12. The van der Waals surface area contributed by atoms with Gasteiger partial charge in [-0.1, -0.05) is 37.9 Å². The van der Waals surface area contributed by atoms with E-state index in [1.807, 2.05) is 0 Å². The highest BCUT2D eigenvalue weighted by molar-refractivity contribution is 7.87. The predicted octanol–water partition coefficient (Wildman–Crippen LogP) is 1.30. The lowest BCUT2D eigenvalue weighted by atomic mass is 10.00. The van der Waals surface area contributed by atoms with Crippen LogP contribution in [0.5, 0.6) is 0 Å². The van der Waals surface area contributed by atoms with Gasteiger partial charge in [0.1, 0.15) is 0 Å². The number of nitrogens with two attached hydrogens (primary N) is 1. The van der Waals surface area contributed by atoms with Crippen LogP contribution >= 0.6 is 12.2 Å². The molecular weight excluding hydrogens is 282 g/mol. The quantitative estimate of drug-likeness (QED) is 0.768. The van der Waals surface area contributed by atoms with Crippen LogP contribution in [0.4, 0.5) is 0 Å². The van der Waals surface area contributed by atoms with Crippen molar-refractivity contribution in [3.05, 3.63) is 0 Å². The molecule has 0 radical (unpaired) electrons. The number of thiocarbonyl (C=S) groups is 1. The maximum atomic E-state index is 12.5. The first-order valence-corrected chi connectivity index (χ1v) is 8.90. The van der Waals surface area contributed by atoms with Crippen molar-refractivity contribution in [3.8, 4) is 0 Å². The Morgan fingerprint density at radius 2 is 1.58 bits per heavy atom. The number of hydrogen-bond acceptors (Lipinski definition) is 3. The largest absolute Gasteiger partial charge is 0.392 e. The molecule has 5 nitrogen and oxygen atoms in total. The molecule has 1 heterocycles. The van der Waals surface area contributed by atoms with Crippen LogP contribution in [0.15, 0.2) is 0 Å². The summed E-state index contributed by atoms with van der Waals surface area (Å²) in [4.78, 5) is 0.281. The zero-order valence-electron chi connectivity index (χ0n) is 11.2. The summed E-state index contributed by atoms with van der Waals surface area (Å²) >= 11 is 5.10. The summed E-state index contributed by atoms with van der Waals surface area (Å²) in [6.07, 6.45) is 7.45. The Bertz CT molecular complexity index is 422. The molecule has 1 aliphatic carbocycles. The van der Waals surface area contributed by atoms with Crippen LogP contribution < -0.4 is 10.5 Å². The monoisotopic (exact) mass is 305 g/mol. The highest BCUT2D eigenvalue weighted by Gasteiger charge is 2.41. The van der Waals surface area contributed by atoms with Gasteiger partial charge in [-0.05, 0) is 25.7 Å². The molecule has 0 aromatic carbocycles. The summed E-state index contributed by atoms with van der Waals surface area (Å²) in [7, 11) is -3.48. The van der Waals surface area contributed by atoms with Gasteiger partial charge in [-0.3, -0.25) is 0 Å². The van der Waals surface area contributed by atoms with E-state index in [4.69, 9.17) is 18.0 Å². The fourth-order valence-electron chi connectivity index (χ4n) is 2.97. The van der Waals surface area contributed by atoms with Crippen LogP contribution in [-0.4, -0.2) is 36.3 Å². The molecule has 1 saturated carbocycles. The second-order valence-corrected chi connectivity index (χ2v) is 7.68. The standard InChI is InChI=1S/C12H23N3O2S2/c13-11(18)12(7-3-4-8-12)14-19(16,17)15-9-5-1-2-6-10-15/h14H,1-10H2,(H2,13,18). The molecule has 2 fully saturated rings. The molecule has 110 valence electrons. The van der Waals surface area contributed by atoms with E-state index >= 15 is 0 Å². The van der Waals surface area contributed by atoms with E-state index in [-0.39, 0.29) is 4.99 Å². The van der Waals surface area contributed by atoms with E-state index in [9.17, 15) is 8.42 Å². The summed E-state index contributed by atoms with van der Waals surface area (Å²) in [6.45, 7) is 1.20. The van der Waals surface area contributed by atoms with Gasteiger partial charge in [0.2, 0.25) is 0 Å². The first-order valence-electron chi connectivity index (χ1n) is 7.05. The van der Waals surface area contributed by atoms with Gasteiger partial charge in [0, 0.05) is 13.1 Å². The van der Waals surface area contributed by atoms with Crippen molar-refractivity contribution in [3.63, 3.8) is 0 Å². The van der Waals surface area contributed by atoms with Gasteiger partial charge >= 0.3 is 0 Å². The lowest BCUT2D eigenvalue weighted by molar-refractivity contribution is 0.396. The Morgan fingerprint density at radius 3 is 2.05 bits per heavy atom. The molecular formula is C12H23N3O2S2. The molecule has 0 amide bonds. The fourth-order valence-corrected chi connectivity index (χ4v) is 4.97. The summed E-state index contributed by atoms with van der Waals surface area (Å²) in [5, 5.41) is 0. The summed E-state index contributed by atoms with van der Waals surface area (Å²) in [5.74, 6) is 0. The summed E-state index contributed by atoms with van der Waals surface area (Å²) < 4.78 is 29.4. The first-order chi connectivity index (χ1) is 8.96. The zero-order chi connectivity index (χ0) is 13.9. The number of nitrogens with one attached hydrogen (secondary N) is 1. The van der Waals surface area contributed by atoms with Gasteiger partial charge in [-0.2, -0.15) is 17.4 Å². The second kappa shape index (κ2) is 6.03. The molecule has 0 aromatic heterocycles. The average Bonchev–Trinajstić information content (AvgIpc) is 2.64. The third-order valence-electron chi connectivity index (χ3n) is 4.16. The Hall–Kier alpha value is -0.240. The number of nitrogens with zero attached hydrogens (tertiary/aromatic N) is 1. The molecule has 2 rings (SSSR count). The maximum absolute atomic E-state index is 12.5. The smallest absolute Gasteiger partial charge is 0.280 e. The zero-order valence-corrected chi connectivity index (χ0v) is 12.9. The van der Waals surface area contributed by atoms with Gasteiger partial charge < -0.3 is 5.73 Å². The van der Waals surface area contributed by atoms with E-state index < -0.39 is 15.7 Å². The van der Waals surface area contributed by atoms with Crippen molar-refractivity contribution in [1.82, 2.24) is 9.03 Å². The lowest BCUT2D eigenvalue weighted by Gasteiger charge is -2.32. The van der Waals surface area contributed by atoms with Gasteiger partial charge in [-0.15, -0.1) is 0 Å². The molecule has 19 heavy (non-hydrogen) atoms. The Kier molecular flexibility index (Phi) is 4.81. The van der Waals surface area contributed by atoms with E-state index in [0.29, 0.717) is 13.1 Å². The molecule has 0 bridgehead atoms. The van der Waals surface area contributed by atoms with Crippen LogP contribution in [-0.2, 0) is 10.2 Å². The predicted molar refractivity (Wildman–Crippen MR) is 80.1 cm³/mol.